The molecule has 0 saturated carbocycles. The van der Waals surface area contributed by atoms with Gasteiger partial charge in [0.2, 0.25) is 0 Å². The molecule has 3 rings (SSSR count). The number of benzene rings is 1. The second kappa shape index (κ2) is 4.56. The van der Waals surface area contributed by atoms with E-state index in [0.29, 0.717) is 0 Å². The molecule has 1 aromatic rings. The van der Waals surface area contributed by atoms with Crippen LogP contribution in [0.5, 0.6) is 0 Å². The summed E-state index contributed by atoms with van der Waals surface area (Å²) in [6.45, 7) is 4.07. The van der Waals surface area contributed by atoms with E-state index in [2.05, 4.69) is 29.2 Å². The van der Waals surface area contributed by atoms with Gasteiger partial charge in [-0.05, 0) is 30.4 Å². The fourth-order valence-electron chi connectivity index (χ4n) is 2.93. The Hall–Kier alpha value is -0.860. The molecular weight excluding hydrogens is 198 g/mol. The highest BCUT2D eigenvalue weighted by Crippen LogP contribution is 2.24. The Morgan fingerprint density at radius 1 is 1.06 bits per heavy atom. The van der Waals surface area contributed by atoms with Crippen LogP contribution in [0, 0.1) is 0 Å². The van der Waals surface area contributed by atoms with Gasteiger partial charge in [-0.2, -0.15) is 0 Å². The third-order valence-electron chi connectivity index (χ3n) is 3.88. The fourth-order valence-corrected chi connectivity index (χ4v) is 2.93. The third-order valence-corrected chi connectivity index (χ3v) is 3.88. The molecule has 0 unspecified atom stereocenters. The van der Waals surface area contributed by atoms with Gasteiger partial charge in [-0.3, -0.25) is 4.90 Å². The standard InChI is InChI=1S/C14H19NO/c1-2-4-13-11-14(6-5-12(13)3-1)15-7-9-16-10-8-15/h1-4,14H,5-11H2/t14-/m1/s1. The van der Waals surface area contributed by atoms with Gasteiger partial charge < -0.3 is 4.74 Å². The van der Waals surface area contributed by atoms with Crippen LogP contribution in [0.3, 0.4) is 0 Å². The van der Waals surface area contributed by atoms with Crippen LogP contribution in [-0.4, -0.2) is 37.2 Å². The van der Waals surface area contributed by atoms with Crippen molar-refractivity contribution in [2.45, 2.75) is 25.3 Å². The molecule has 2 nitrogen and oxygen atoms in total. The van der Waals surface area contributed by atoms with Gasteiger partial charge in [0.05, 0.1) is 13.2 Å². The minimum atomic E-state index is 0.749. The highest BCUT2D eigenvalue weighted by atomic mass is 16.5. The quantitative estimate of drug-likeness (QED) is 0.712. The summed E-state index contributed by atoms with van der Waals surface area (Å²) in [5.74, 6) is 0. The maximum atomic E-state index is 5.42. The molecule has 1 fully saturated rings. The molecule has 1 aliphatic heterocycles. The maximum Gasteiger partial charge on any atom is 0.0594 e. The number of hydrogen-bond donors (Lipinski definition) is 0. The van der Waals surface area contributed by atoms with Crippen LogP contribution in [-0.2, 0) is 17.6 Å². The van der Waals surface area contributed by atoms with Crippen molar-refractivity contribution in [3.8, 4) is 0 Å². The van der Waals surface area contributed by atoms with Crippen LogP contribution in [0.25, 0.3) is 0 Å². The zero-order valence-corrected chi connectivity index (χ0v) is 9.69. The molecule has 2 heteroatoms. The lowest BCUT2D eigenvalue weighted by molar-refractivity contribution is 0.0137. The van der Waals surface area contributed by atoms with E-state index in [9.17, 15) is 0 Å². The summed E-state index contributed by atoms with van der Waals surface area (Å²) in [7, 11) is 0. The Bertz CT molecular complexity index is 358. The first-order chi connectivity index (χ1) is 7.93. The number of nitrogens with zero attached hydrogens (tertiary/aromatic N) is 1. The zero-order chi connectivity index (χ0) is 10.8. The molecule has 86 valence electrons. The average Bonchev–Trinajstić information content (AvgIpc) is 2.39. The summed E-state index contributed by atoms with van der Waals surface area (Å²) < 4.78 is 5.42. The van der Waals surface area contributed by atoms with Crippen molar-refractivity contribution in [3.05, 3.63) is 35.4 Å². The van der Waals surface area contributed by atoms with Gasteiger partial charge in [0.25, 0.3) is 0 Å². The van der Waals surface area contributed by atoms with E-state index in [4.69, 9.17) is 4.74 Å². The van der Waals surface area contributed by atoms with E-state index in [0.717, 1.165) is 32.3 Å². The van der Waals surface area contributed by atoms with E-state index in [1.807, 2.05) is 0 Å². The predicted molar refractivity (Wildman–Crippen MR) is 64.6 cm³/mol. The van der Waals surface area contributed by atoms with Gasteiger partial charge in [0, 0.05) is 19.1 Å². The Morgan fingerprint density at radius 3 is 2.62 bits per heavy atom. The molecule has 2 aliphatic rings. The van der Waals surface area contributed by atoms with Crippen LogP contribution >= 0.6 is 0 Å². The predicted octanol–water partition coefficient (Wildman–Crippen LogP) is 1.88. The second-order valence-electron chi connectivity index (χ2n) is 4.81. The normalized spacial score (nSPS) is 26.4. The molecule has 1 heterocycles. The molecule has 0 spiro atoms. The van der Waals surface area contributed by atoms with E-state index < -0.39 is 0 Å². The molecule has 1 saturated heterocycles. The van der Waals surface area contributed by atoms with E-state index >= 15 is 0 Å². The summed E-state index contributed by atoms with van der Waals surface area (Å²) in [5.41, 5.74) is 3.12. The largest absolute Gasteiger partial charge is 0.379 e. The molecule has 0 N–H and O–H groups in total. The molecule has 0 aromatic heterocycles. The molecule has 0 bridgehead atoms. The Balaban J connectivity index is 1.72. The molecule has 0 amide bonds. The number of fused-ring (bicyclic) bond motifs is 1. The summed E-state index contributed by atoms with van der Waals surface area (Å²) in [4.78, 5) is 2.61. The van der Waals surface area contributed by atoms with E-state index in [1.165, 1.54) is 19.3 Å². The Kier molecular flexibility index (Phi) is 2.94. The van der Waals surface area contributed by atoms with Crippen molar-refractivity contribution < 1.29 is 4.74 Å². The first-order valence-corrected chi connectivity index (χ1v) is 6.32. The molecule has 1 aliphatic carbocycles. The van der Waals surface area contributed by atoms with E-state index in [1.54, 1.807) is 11.1 Å². The SMILES string of the molecule is c1ccc2c(c1)CC[C@@H](N1CCOCC1)C2. The van der Waals surface area contributed by atoms with Crippen LogP contribution < -0.4 is 0 Å². The lowest BCUT2D eigenvalue weighted by Crippen LogP contribution is -2.45. The smallest absolute Gasteiger partial charge is 0.0594 e. The minimum absolute atomic E-state index is 0.749. The lowest BCUT2D eigenvalue weighted by Gasteiger charge is -2.37. The van der Waals surface area contributed by atoms with E-state index in [-0.39, 0.29) is 0 Å². The van der Waals surface area contributed by atoms with Crippen molar-refractivity contribution in [2.75, 3.05) is 26.3 Å². The van der Waals surface area contributed by atoms with Crippen molar-refractivity contribution in [1.82, 2.24) is 4.90 Å². The highest BCUT2D eigenvalue weighted by molar-refractivity contribution is 5.30. The third kappa shape index (κ3) is 2.00. The number of ether oxygens (including phenoxy) is 1. The fraction of sp³-hybridized carbons (Fsp3) is 0.571. The van der Waals surface area contributed by atoms with Crippen LogP contribution in [0.15, 0.2) is 24.3 Å². The first-order valence-electron chi connectivity index (χ1n) is 6.32. The number of morpholine rings is 1. The van der Waals surface area contributed by atoms with Gasteiger partial charge in [-0.25, -0.2) is 0 Å². The van der Waals surface area contributed by atoms with Crippen LogP contribution in [0.2, 0.25) is 0 Å². The first kappa shape index (κ1) is 10.3. The van der Waals surface area contributed by atoms with Gasteiger partial charge >= 0.3 is 0 Å². The Morgan fingerprint density at radius 2 is 1.81 bits per heavy atom. The van der Waals surface area contributed by atoms with Crippen molar-refractivity contribution in [3.63, 3.8) is 0 Å². The van der Waals surface area contributed by atoms with Crippen LogP contribution in [0.1, 0.15) is 17.5 Å². The van der Waals surface area contributed by atoms with Crippen molar-refractivity contribution in [1.29, 1.82) is 0 Å². The molecule has 0 radical (unpaired) electrons. The molecule has 1 atom stereocenters. The van der Waals surface area contributed by atoms with Gasteiger partial charge in [0.1, 0.15) is 0 Å². The van der Waals surface area contributed by atoms with Gasteiger partial charge in [-0.1, -0.05) is 24.3 Å². The van der Waals surface area contributed by atoms with Crippen molar-refractivity contribution >= 4 is 0 Å². The second-order valence-corrected chi connectivity index (χ2v) is 4.81. The topological polar surface area (TPSA) is 12.5 Å². The highest BCUT2D eigenvalue weighted by Gasteiger charge is 2.24. The summed E-state index contributed by atoms with van der Waals surface area (Å²) in [5, 5.41) is 0. The molecular formula is C14H19NO. The van der Waals surface area contributed by atoms with Gasteiger partial charge in [0.15, 0.2) is 0 Å². The number of aryl methyl sites for hydroxylation is 1. The monoisotopic (exact) mass is 217 g/mol. The summed E-state index contributed by atoms with van der Waals surface area (Å²) in [6.07, 6.45) is 3.80. The van der Waals surface area contributed by atoms with Crippen LogP contribution in [0.4, 0.5) is 0 Å². The Labute approximate surface area is 97.2 Å². The number of rotatable bonds is 1. The maximum absolute atomic E-state index is 5.42. The van der Waals surface area contributed by atoms with Gasteiger partial charge in [-0.15, -0.1) is 0 Å². The molecule has 1 aromatic carbocycles. The number of hydrogen-bond acceptors (Lipinski definition) is 2. The minimum Gasteiger partial charge on any atom is -0.379 e. The average molecular weight is 217 g/mol. The summed E-state index contributed by atoms with van der Waals surface area (Å²) in [6, 6.07) is 9.65. The van der Waals surface area contributed by atoms with Crippen molar-refractivity contribution in [2.24, 2.45) is 0 Å². The summed E-state index contributed by atoms with van der Waals surface area (Å²) >= 11 is 0. The lowest BCUT2D eigenvalue weighted by atomic mass is 9.87. The molecule has 16 heavy (non-hydrogen) atoms. The zero-order valence-electron chi connectivity index (χ0n) is 9.69.